The number of carbonyl (C=O) groups excluding carboxylic acids is 1. The Morgan fingerprint density at radius 1 is 1.05 bits per heavy atom. The number of hydrogen-bond donors (Lipinski definition) is 0. The van der Waals surface area contributed by atoms with E-state index in [1.54, 1.807) is 37.1 Å². The first-order chi connectivity index (χ1) is 18.3. The van der Waals surface area contributed by atoms with Crippen LogP contribution in [-0.4, -0.2) is 35.2 Å². The molecule has 0 saturated carbocycles. The molecule has 12 heteroatoms. The Labute approximate surface area is 220 Å². The van der Waals surface area contributed by atoms with Gasteiger partial charge >= 0.3 is 12.5 Å². The Morgan fingerprint density at radius 3 is 2.33 bits per heavy atom. The second-order valence-electron chi connectivity index (χ2n) is 9.04. The molecule has 3 aromatic rings. The molecule has 0 aliphatic carbocycles. The van der Waals surface area contributed by atoms with Crippen LogP contribution < -0.4 is 9.64 Å². The topological polar surface area (TPSA) is 69.5 Å². The summed E-state index contributed by atoms with van der Waals surface area (Å²) >= 11 is 0. The molecule has 1 aliphatic rings. The molecule has 3 atom stereocenters. The number of nitriles is 1. The van der Waals surface area contributed by atoms with Gasteiger partial charge in [-0.1, -0.05) is 18.2 Å². The molecule has 1 aromatic heterocycles. The summed E-state index contributed by atoms with van der Waals surface area (Å²) in [6.07, 6.45) is -9.43. The number of carbonyl (C=O) groups is 1. The fourth-order valence-corrected chi connectivity index (χ4v) is 4.60. The minimum atomic E-state index is -4.91. The number of ether oxygens (including phenoxy) is 1. The average Bonchev–Trinajstić information content (AvgIpc) is 3.23. The van der Waals surface area contributed by atoms with Crippen molar-refractivity contribution in [3.05, 3.63) is 89.2 Å². The quantitative estimate of drug-likeness (QED) is 0.333. The summed E-state index contributed by atoms with van der Waals surface area (Å²) in [6.45, 7) is 1.62. The molecule has 0 radical (unpaired) electrons. The highest BCUT2D eigenvalue weighted by Gasteiger charge is 2.45. The molecule has 1 saturated heterocycles. The van der Waals surface area contributed by atoms with Crippen LogP contribution in [0.15, 0.2) is 66.7 Å². The number of nitrogens with zero attached hydrogens (tertiary/aromatic N) is 4. The van der Waals surface area contributed by atoms with Crippen molar-refractivity contribution in [1.82, 2.24) is 9.88 Å². The second-order valence-corrected chi connectivity index (χ2v) is 9.04. The predicted molar refractivity (Wildman–Crippen MR) is 128 cm³/mol. The summed E-state index contributed by atoms with van der Waals surface area (Å²) in [5, 5.41) is 9.13. The summed E-state index contributed by atoms with van der Waals surface area (Å²) in [5.41, 5.74) is 0.174. The zero-order valence-corrected chi connectivity index (χ0v) is 20.7. The van der Waals surface area contributed by atoms with Crippen molar-refractivity contribution in [3.8, 4) is 11.8 Å². The summed E-state index contributed by atoms with van der Waals surface area (Å²) in [4.78, 5) is 20.5. The van der Waals surface area contributed by atoms with Crippen molar-refractivity contribution in [2.24, 2.45) is 0 Å². The Kier molecular flexibility index (Phi) is 7.57. The van der Waals surface area contributed by atoms with Gasteiger partial charge in [0.15, 0.2) is 0 Å². The van der Waals surface area contributed by atoms with Crippen molar-refractivity contribution in [2.75, 3.05) is 11.9 Å². The molecule has 0 N–H and O–H groups in total. The van der Waals surface area contributed by atoms with Gasteiger partial charge in [0.25, 0.3) is 0 Å². The van der Waals surface area contributed by atoms with E-state index >= 15 is 0 Å². The highest BCUT2D eigenvalue weighted by molar-refractivity contribution is 6.00. The van der Waals surface area contributed by atoms with E-state index in [1.165, 1.54) is 41.3 Å². The van der Waals surface area contributed by atoms with Crippen LogP contribution in [0.3, 0.4) is 0 Å². The maximum Gasteiger partial charge on any atom is 0.573 e. The lowest BCUT2D eigenvalue weighted by Crippen LogP contribution is -2.41. The third-order valence-electron chi connectivity index (χ3n) is 6.62. The standard InChI is InChI=1S/C27H22F6N4O2/c1-16(21-7-4-8-24(35-21)26(28,29)30)36(2)23-14-22(18-5-3-6-20(13-18)39-27(31,32)33)37(25(23)38)19-11-9-17(15-34)10-12-19/h3-13,16,22-23H,14H2,1-2H3/t16?,22-,23-/m1/s1. The van der Waals surface area contributed by atoms with Crippen LogP contribution >= 0.6 is 0 Å². The lowest BCUT2D eigenvalue weighted by atomic mass is 10.0. The number of benzene rings is 2. The number of hydrogen-bond acceptors (Lipinski definition) is 5. The molecule has 0 spiro atoms. The van der Waals surface area contributed by atoms with Crippen molar-refractivity contribution in [2.45, 2.75) is 44.0 Å². The predicted octanol–water partition coefficient (Wildman–Crippen LogP) is 6.41. The van der Waals surface area contributed by atoms with Gasteiger partial charge < -0.3 is 9.64 Å². The number of halogens is 6. The van der Waals surface area contributed by atoms with E-state index in [0.717, 1.165) is 12.1 Å². The molecular formula is C27H22F6N4O2. The van der Waals surface area contributed by atoms with Gasteiger partial charge in [0.05, 0.1) is 29.4 Å². The maximum atomic E-state index is 13.8. The number of pyridine rings is 1. The van der Waals surface area contributed by atoms with E-state index in [9.17, 15) is 31.1 Å². The van der Waals surface area contributed by atoms with Gasteiger partial charge in [-0.25, -0.2) is 4.98 Å². The number of aromatic nitrogens is 1. The zero-order chi connectivity index (χ0) is 28.5. The Morgan fingerprint density at radius 2 is 1.72 bits per heavy atom. The maximum absolute atomic E-state index is 13.8. The van der Waals surface area contributed by atoms with Crippen molar-refractivity contribution in [3.63, 3.8) is 0 Å². The van der Waals surface area contributed by atoms with E-state index in [-0.39, 0.29) is 12.1 Å². The van der Waals surface area contributed by atoms with Gasteiger partial charge in [0.1, 0.15) is 11.4 Å². The van der Waals surface area contributed by atoms with Crippen LogP contribution in [0.5, 0.6) is 5.75 Å². The molecule has 1 aliphatic heterocycles. The molecule has 4 rings (SSSR count). The Hall–Kier alpha value is -4.11. The molecule has 1 fully saturated rings. The normalized spacial score (nSPS) is 18.8. The molecule has 1 unspecified atom stereocenters. The minimum absolute atomic E-state index is 0.106. The molecule has 0 bridgehead atoms. The zero-order valence-electron chi connectivity index (χ0n) is 20.7. The minimum Gasteiger partial charge on any atom is -0.406 e. The highest BCUT2D eigenvalue weighted by atomic mass is 19.4. The lowest BCUT2D eigenvalue weighted by molar-refractivity contribution is -0.274. The second kappa shape index (κ2) is 10.6. The fraction of sp³-hybridized carbons (Fsp3) is 0.296. The molecule has 204 valence electrons. The van der Waals surface area contributed by atoms with Crippen LogP contribution in [0.25, 0.3) is 0 Å². The van der Waals surface area contributed by atoms with Gasteiger partial charge in [0, 0.05) is 11.7 Å². The lowest BCUT2D eigenvalue weighted by Gasteiger charge is -2.29. The van der Waals surface area contributed by atoms with Gasteiger partial charge in [-0.05, 0) is 74.5 Å². The average molecular weight is 548 g/mol. The number of likely N-dealkylation sites (N-methyl/N-ethyl adjacent to an activating group) is 1. The molecule has 1 amide bonds. The van der Waals surface area contributed by atoms with E-state index in [1.807, 2.05) is 6.07 Å². The van der Waals surface area contributed by atoms with Crippen LogP contribution in [0, 0.1) is 11.3 Å². The summed E-state index contributed by atoms with van der Waals surface area (Å²) < 4.78 is 82.3. The summed E-state index contributed by atoms with van der Waals surface area (Å²) in [7, 11) is 1.58. The molecule has 2 heterocycles. The molecule has 6 nitrogen and oxygen atoms in total. The molecular weight excluding hydrogens is 526 g/mol. The smallest absolute Gasteiger partial charge is 0.406 e. The van der Waals surface area contributed by atoms with E-state index in [2.05, 4.69) is 9.72 Å². The van der Waals surface area contributed by atoms with Crippen molar-refractivity contribution >= 4 is 11.6 Å². The van der Waals surface area contributed by atoms with Gasteiger partial charge in [0.2, 0.25) is 5.91 Å². The van der Waals surface area contributed by atoms with E-state index in [0.29, 0.717) is 16.8 Å². The number of alkyl halides is 6. The third kappa shape index (κ3) is 6.15. The number of rotatable bonds is 6. The van der Waals surface area contributed by atoms with Crippen LogP contribution in [0.2, 0.25) is 0 Å². The third-order valence-corrected chi connectivity index (χ3v) is 6.62. The van der Waals surface area contributed by atoms with E-state index in [4.69, 9.17) is 5.26 Å². The first-order valence-corrected chi connectivity index (χ1v) is 11.7. The van der Waals surface area contributed by atoms with E-state index < -0.39 is 48.0 Å². The first-order valence-electron chi connectivity index (χ1n) is 11.7. The van der Waals surface area contributed by atoms with Crippen molar-refractivity contribution < 1.29 is 35.9 Å². The Bertz CT molecular complexity index is 1380. The SMILES string of the molecule is CC(c1cccc(C(F)(F)F)n1)N(C)[C@@H]1C[C@H](c2cccc(OC(F)(F)F)c2)N(c2ccc(C#N)cc2)C1=O. The van der Waals surface area contributed by atoms with Crippen molar-refractivity contribution in [1.29, 1.82) is 5.26 Å². The highest BCUT2D eigenvalue weighted by Crippen LogP contribution is 2.41. The Balaban J connectivity index is 1.70. The first kappa shape index (κ1) is 27.9. The fourth-order valence-electron chi connectivity index (χ4n) is 4.60. The van der Waals surface area contributed by atoms with Gasteiger partial charge in [-0.2, -0.15) is 18.4 Å². The number of amides is 1. The largest absolute Gasteiger partial charge is 0.573 e. The molecule has 39 heavy (non-hydrogen) atoms. The monoisotopic (exact) mass is 548 g/mol. The number of anilines is 1. The van der Waals surface area contributed by atoms with Gasteiger partial charge in [-0.15, -0.1) is 13.2 Å². The van der Waals surface area contributed by atoms with Gasteiger partial charge in [-0.3, -0.25) is 9.69 Å². The van der Waals surface area contributed by atoms with Crippen LogP contribution in [0.1, 0.15) is 47.9 Å². The van der Waals surface area contributed by atoms with Crippen LogP contribution in [-0.2, 0) is 11.0 Å². The summed E-state index contributed by atoms with van der Waals surface area (Å²) in [5.74, 6) is -0.862. The van der Waals surface area contributed by atoms with Crippen LogP contribution in [0.4, 0.5) is 32.0 Å². The molecule has 2 aromatic carbocycles. The summed E-state index contributed by atoms with van der Waals surface area (Å²) in [6, 6.07) is 14.7.